The second-order valence-corrected chi connectivity index (χ2v) is 8.06. The van der Waals surface area contributed by atoms with E-state index in [0.717, 1.165) is 48.9 Å². The molecule has 0 atom stereocenters. The normalized spacial score (nSPS) is 16.7. The first kappa shape index (κ1) is 21.4. The van der Waals surface area contributed by atoms with Crippen LogP contribution in [0.4, 0.5) is 0 Å². The molecule has 2 rings (SSSR count). The van der Waals surface area contributed by atoms with Crippen molar-refractivity contribution in [2.24, 2.45) is 10.9 Å². The fourth-order valence-electron chi connectivity index (χ4n) is 2.97. The predicted octanol–water partition coefficient (Wildman–Crippen LogP) is 2.96. The summed E-state index contributed by atoms with van der Waals surface area (Å²) in [6, 6.07) is 7.97. The van der Waals surface area contributed by atoms with Crippen LogP contribution in [0.15, 0.2) is 34.2 Å². The minimum absolute atomic E-state index is 0.718. The zero-order valence-electron chi connectivity index (χ0n) is 15.8. The van der Waals surface area contributed by atoms with E-state index in [1.165, 1.54) is 30.8 Å². The fourth-order valence-corrected chi connectivity index (χ4v) is 3.86. The van der Waals surface area contributed by atoms with E-state index >= 15 is 0 Å². The summed E-state index contributed by atoms with van der Waals surface area (Å²) >= 11 is 7.72. The van der Waals surface area contributed by atoms with Gasteiger partial charge in [0.05, 0.1) is 6.61 Å². The van der Waals surface area contributed by atoms with Gasteiger partial charge in [-0.25, -0.2) is 0 Å². The molecule has 1 saturated heterocycles. The third-order valence-electron chi connectivity index (χ3n) is 4.58. The Morgan fingerprint density at radius 1 is 1.27 bits per heavy atom. The number of nitrogens with one attached hydrogen (secondary N) is 2. The van der Waals surface area contributed by atoms with E-state index in [4.69, 9.17) is 16.3 Å². The summed E-state index contributed by atoms with van der Waals surface area (Å²) in [4.78, 5) is 8.05. The Labute approximate surface area is 166 Å². The molecule has 1 aromatic rings. The summed E-state index contributed by atoms with van der Waals surface area (Å²) in [5.41, 5.74) is 0. The third kappa shape index (κ3) is 8.16. The maximum atomic E-state index is 5.91. The second-order valence-electron chi connectivity index (χ2n) is 6.46. The Kier molecular flexibility index (Phi) is 10.2. The summed E-state index contributed by atoms with van der Waals surface area (Å²) in [5.74, 6) is 2.60. The molecule has 0 saturated carbocycles. The Balaban J connectivity index is 1.57. The number of methoxy groups -OCH3 is 1. The first-order valence-electron chi connectivity index (χ1n) is 9.25. The average Bonchev–Trinajstić information content (AvgIpc) is 2.68. The van der Waals surface area contributed by atoms with Crippen LogP contribution in [0.2, 0.25) is 5.02 Å². The lowest BCUT2D eigenvalue weighted by Gasteiger charge is -2.32. The highest BCUT2D eigenvalue weighted by Gasteiger charge is 2.18. The quantitative estimate of drug-likeness (QED) is 0.290. The number of piperidine rings is 1. The summed E-state index contributed by atoms with van der Waals surface area (Å²) in [5, 5.41) is 7.64. The molecule has 26 heavy (non-hydrogen) atoms. The Morgan fingerprint density at radius 3 is 2.65 bits per heavy atom. The molecular formula is C19H31ClN4OS. The lowest BCUT2D eigenvalue weighted by molar-refractivity contribution is 0.121. The van der Waals surface area contributed by atoms with Crippen molar-refractivity contribution in [3.8, 4) is 0 Å². The van der Waals surface area contributed by atoms with Gasteiger partial charge in [0.2, 0.25) is 0 Å². The topological polar surface area (TPSA) is 48.9 Å². The molecule has 1 aliphatic heterocycles. The van der Waals surface area contributed by atoms with Gasteiger partial charge in [-0.15, -0.1) is 11.8 Å². The molecular weight excluding hydrogens is 368 g/mol. The number of thioether (sulfide) groups is 1. The molecule has 0 bridgehead atoms. The highest BCUT2D eigenvalue weighted by Crippen LogP contribution is 2.19. The van der Waals surface area contributed by atoms with Crippen LogP contribution in [0.3, 0.4) is 0 Å². The lowest BCUT2D eigenvalue weighted by atomic mass is 9.97. The van der Waals surface area contributed by atoms with Crippen LogP contribution >= 0.6 is 23.4 Å². The summed E-state index contributed by atoms with van der Waals surface area (Å²) < 4.78 is 5.16. The Morgan fingerprint density at radius 2 is 2.00 bits per heavy atom. The van der Waals surface area contributed by atoms with Crippen LogP contribution in [0, 0.1) is 5.92 Å². The molecule has 0 spiro atoms. The molecule has 146 valence electrons. The SMILES string of the molecule is CN=C(NCCSc1ccc(Cl)cc1)NCC1CCN(CCOC)CC1. The first-order valence-corrected chi connectivity index (χ1v) is 10.6. The van der Waals surface area contributed by atoms with Crippen molar-refractivity contribution < 1.29 is 4.74 Å². The van der Waals surface area contributed by atoms with Crippen molar-refractivity contribution in [2.75, 3.05) is 59.2 Å². The highest BCUT2D eigenvalue weighted by atomic mass is 35.5. The van der Waals surface area contributed by atoms with Crippen molar-refractivity contribution in [3.05, 3.63) is 29.3 Å². The van der Waals surface area contributed by atoms with Gasteiger partial charge in [-0.2, -0.15) is 0 Å². The number of likely N-dealkylation sites (tertiary alicyclic amines) is 1. The third-order valence-corrected chi connectivity index (χ3v) is 5.84. The fraction of sp³-hybridized carbons (Fsp3) is 0.632. The van der Waals surface area contributed by atoms with Gasteiger partial charge in [-0.3, -0.25) is 4.99 Å². The number of guanidine groups is 1. The maximum Gasteiger partial charge on any atom is 0.191 e. The minimum Gasteiger partial charge on any atom is -0.383 e. The van der Waals surface area contributed by atoms with Crippen molar-refractivity contribution in [1.82, 2.24) is 15.5 Å². The van der Waals surface area contributed by atoms with Crippen LogP contribution < -0.4 is 10.6 Å². The number of halogens is 1. The largest absolute Gasteiger partial charge is 0.383 e. The predicted molar refractivity (Wildman–Crippen MR) is 113 cm³/mol. The number of benzene rings is 1. The van der Waals surface area contributed by atoms with E-state index < -0.39 is 0 Å². The number of ether oxygens (including phenoxy) is 1. The van der Waals surface area contributed by atoms with Crippen LogP contribution in [-0.4, -0.2) is 70.1 Å². The van der Waals surface area contributed by atoms with E-state index in [9.17, 15) is 0 Å². The molecule has 1 heterocycles. The highest BCUT2D eigenvalue weighted by molar-refractivity contribution is 7.99. The van der Waals surface area contributed by atoms with Gasteiger partial charge in [0.1, 0.15) is 0 Å². The molecule has 0 aliphatic carbocycles. The number of hydrogen-bond donors (Lipinski definition) is 2. The van der Waals surface area contributed by atoms with Gasteiger partial charge in [-0.1, -0.05) is 11.6 Å². The van der Waals surface area contributed by atoms with Crippen molar-refractivity contribution in [3.63, 3.8) is 0 Å². The smallest absolute Gasteiger partial charge is 0.191 e. The van der Waals surface area contributed by atoms with Crippen LogP contribution in [-0.2, 0) is 4.74 Å². The van der Waals surface area contributed by atoms with Gasteiger partial charge < -0.3 is 20.3 Å². The number of hydrogen-bond acceptors (Lipinski definition) is 4. The van der Waals surface area contributed by atoms with E-state index in [1.54, 1.807) is 7.11 Å². The van der Waals surface area contributed by atoms with Crippen molar-refractivity contribution in [2.45, 2.75) is 17.7 Å². The number of rotatable bonds is 9. The molecule has 0 radical (unpaired) electrons. The zero-order chi connectivity index (χ0) is 18.6. The van der Waals surface area contributed by atoms with Crippen LogP contribution in [0.25, 0.3) is 0 Å². The molecule has 1 fully saturated rings. The van der Waals surface area contributed by atoms with Crippen LogP contribution in [0.1, 0.15) is 12.8 Å². The minimum atomic E-state index is 0.718. The molecule has 5 nitrogen and oxygen atoms in total. The summed E-state index contributed by atoms with van der Waals surface area (Å²) in [6.07, 6.45) is 2.47. The van der Waals surface area contributed by atoms with Gasteiger partial charge in [-0.05, 0) is 56.1 Å². The molecule has 0 aromatic heterocycles. The van der Waals surface area contributed by atoms with E-state index in [0.29, 0.717) is 0 Å². The Bertz CT molecular complexity index is 533. The second kappa shape index (κ2) is 12.4. The summed E-state index contributed by atoms with van der Waals surface area (Å²) in [7, 11) is 3.60. The van der Waals surface area contributed by atoms with Crippen molar-refractivity contribution >= 4 is 29.3 Å². The monoisotopic (exact) mass is 398 g/mol. The van der Waals surface area contributed by atoms with E-state index in [2.05, 4.69) is 32.7 Å². The van der Waals surface area contributed by atoms with Gasteiger partial charge in [0.15, 0.2) is 5.96 Å². The molecule has 1 aromatic carbocycles. The maximum absolute atomic E-state index is 5.91. The van der Waals surface area contributed by atoms with E-state index in [-0.39, 0.29) is 0 Å². The van der Waals surface area contributed by atoms with Gasteiger partial charge in [0, 0.05) is 49.5 Å². The molecule has 0 unspecified atom stereocenters. The average molecular weight is 399 g/mol. The van der Waals surface area contributed by atoms with Crippen LogP contribution in [0.5, 0.6) is 0 Å². The number of nitrogens with zero attached hydrogens (tertiary/aromatic N) is 2. The van der Waals surface area contributed by atoms with Gasteiger partial charge >= 0.3 is 0 Å². The lowest BCUT2D eigenvalue weighted by Crippen LogP contribution is -2.43. The molecule has 2 N–H and O–H groups in total. The van der Waals surface area contributed by atoms with Gasteiger partial charge in [0.25, 0.3) is 0 Å². The molecule has 1 aliphatic rings. The summed E-state index contributed by atoms with van der Waals surface area (Å²) in [6.45, 7) is 6.07. The van der Waals surface area contributed by atoms with E-state index in [1.807, 2.05) is 30.9 Å². The molecule has 7 heteroatoms. The standard InChI is InChI=1S/C19H31ClN4OS/c1-21-19(22-9-14-26-18-5-3-17(20)4-6-18)23-15-16-7-10-24(11-8-16)12-13-25-2/h3-6,16H,7-15H2,1-2H3,(H2,21,22,23). The number of aliphatic imine (C=N–C) groups is 1. The van der Waals surface area contributed by atoms with Crippen molar-refractivity contribution in [1.29, 1.82) is 0 Å². The molecule has 0 amide bonds. The first-order chi connectivity index (χ1) is 12.7. The Hall–Kier alpha value is -0.950. The zero-order valence-corrected chi connectivity index (χ0v) is 17.4.